The van der Waals surface area contributed by atoms with Crippen molar-refractivity contribution in [3.63, 3.8) is 0 Å². The Hall–Kier alpha value is 0.170. The summed E-state index contributed by atoms with van der Waals surface area (Å²) in [4.78, 5) is 11.6. The van der Waals surface area contributed by atoms with Crippen LogP contribution in [0.2, 0.25) is 0 Å². The Labute approximate surface area is 127 Å². The summed E-state index contributed by atoms with van der Waals surface area (Å²) < 4.78 is 0. The Morgan fingerprint density at radius 2 is 1.84 bits per heavy atom. The normalized spacial score (nSPS) is 12.4. The summed E-state index contributed by atoms with van der Waals surface area (Å²) in [7, 11) is 3.81. The molecule has 1 N–H and O–H groups in total. The summed E-state index contributed by atoms with van der Waals surface area (Å²) in [5.41, 5.74) is 0. The van der Waals surface area contributed by atoms with Crippen LogP contribution in [0.5, 0.6) is 0 Å². The summed E-state index contributed by atoms with van der Waals surface area (Å²) in [5.74, 6) is 3.36. The summed E-state index contributed by atoms with van der Waals surface area (Å²) in [6.07, 6.45) is 7.83. The molecular formula is C15H31NOS2. The van der Waals surface area contributed by atoms with Crippen molar-refractivity contribution in [3.8, 4) is 0 Å². The van der Waals surface area contributed by atoms with Gasteiger partial charge in [0.15, 0.2) is 0 Å². The molecule has 0 aromatic carbocycles. The van der Waals surface area contributed by atoms with Crippen LogP contribution >= 0.6 is 21.6 Å². The van der Waals surface area contributed by atoms with Crippen molar-refractivity contribution >= 4 is 27.5 Å². The molecule has 19 heavy (non-hydrogen) atoms. The van der Waals surface area contributed by atoms with Crippen LogP contribution in [0.3, 0.4) is 0 Å². The molecule has 0 rings (SSSR count). The van der Waals surface area contributed by atoms with Gasteiger partial charge in [-0.1, -0.05) is 61.6 Å². The smallest absolute Gasteiger partial charge is 0.220 e. The number of unbranched alkanes of at least 4 members (excludes halogenated alkanes) is 1. The Kier molecular flexibility index (Phi) is 14.7. The molecule has 1 amide bonds. The van der Waals surface area contributed by atoms with Gasteiger partial charge < -0.3 is 5.32 Å². The summed E-state index contributed by atoms with van der Waals surface area (Å²) in [5, 5.41) is 3.02. The highest BCUT2D eigenvalue weighted by molar-refractivity contribution is 8.76. The first kappa shape index (κ1) is 19.2. The molecule has 1 atom stereocenters. The molecule has 4 heteroatoms. The van der Waals surface area contributed by atoms with E-state index >= 15 is 0 Å². The van der Waals surface area contributed by atoms with Crippen molar-refractivity contribution in [2.75, 3.05) is 18.1 Å². The number of rotatable bonds is 13. The van der Waals surface area contributed by atoms with E-state index in [0.29, 0.717) is 6.42 Å². The number of amides is 1. The number of carbonyl (C=O) groups is 1. The third-order valence-electron chi connectivity index (χ3n) is 3.15. The molecule has 0 aromatic rings. The van der Waals surface area contributed by atoms with E-state index < -0.39 is 0 Å². The molecule has 0 aliphatic heterocycles. The highest BCUT2D eigenvalue weighted by atomic mass is 33.1. The molecule has 0 saturated heterocycles. The largest absolute Gasteiger partial charge is 0.356 e. The summed E-state index contributed by atoms with van der Waals surface area (Å²) in [6.45, 7) is 7.59. The van der Waals surface area contributed by atoms with E-state index in [2.05, 4.69) is 26.1 Å². The average molecular weight is 306 g/mol. The van der Waals surface area contributed by atoms with Gasteiger partial charge in [-0.2, -0.15) is 0 Å². The molecular weight excluding hydrogens is 274 g/mol. The minimum absolute atomic E-state index is 0.227. The van der Waals surface area contributed by atoms with Crippen LogP contribution in [-0.2, 0) is 4.79 Å². The van der Waals surface area contributed by atoms with Crippen molar-refractivity contribution in [2.45, 2.75) is 65.7 Å². The highest BCUT2D eigenvalue weighted by Gasteiger charge is 2.02. The second-order valence-corrected chi connectivity index (χ2v) is 7.81. The number of carbonyl (C=O) groups excluding carboxylic acids is 1. The first-order chi connectivity index (χ1) is 9.20. The van der Waals surface area contributed by atoms with Gasteiger partial charge in [-0.3, -0.25) is 4.79 Å². The van der Waals surface area contributed by atoms with Gasteiger partial charge in [0.05, 0.1) is 0 Å². The van der Waals surface area contributed by atoms with Crippen LogP contribution in [0.4, 0.5) is 0 Å². The first-order valence-corrected chi connectivity index (χ1v) is 10.2. The van der Waals surface area contributed by atoms with Crippen molar-refractivity contribution in [2.24, 2.45) is 5.92 Å². The van der Waals surface area contributed by atoms with Gasteiger partial charge in [0, 0.05) is 24.5 Å². The van der Waals surface area contributed by atoms with Crippen LogP contribution < -0.4 is 5.32 Å². The molecule has 0 fully saturated rings. The van der Waals surface area contributed by atoms with E-state index in [1.165, 1.54) is 31.4 Å². The fourth-order valence-corrected chi connectivity index (χ4v) is 3.86. The van der Waals surface area contributed by atoms with Gasteiger partial charge in [-0.15, -0.1) is 0 Å². The highest BCUT2D eigenvalue weighted by Crippen LogP contribution is 2.22. The van der Waals surface area contributed by atoms with E-state index in [0.717, 1.165) is 31.1 Å². The lowest BCUT2D eigenvalue weighted by atomic mass is 10.0. The monoisotopic (exact) mass is 305 g/mol. The van der Waals surface area contributed by atoms with E-state index in [1.807, 2.05) is 21.6 Å². The van der Waals surface area contributed by atoms with Crippen LogP contribution in [-0.4, -0.2) is 24.0 Å². The minimum Gasteiger partial charge on any atom is -0.356 e. The lowest BCUT2D eigenvalue weighted by Gasteiger charge is -2.08. The van der Waals surface area contributed by atoms with Gasteiger partial charge in [-0.05, 0) is 25.2 Å². The third kappa shape index (κ3) is 14.4. The molecule has 0 bridgehead atoms. The molecule has 0 aliphatic carbocycles. The van der Waals surface area contributed by atoms with E-state index in [4.69, 9.17) is 0 Å². The predicted octanol–water partition coefficient (Wildman–Crippen LogP) is 4.89. The molecule has 1 unspecified atom stereocenters. The maximum absolute atomic E-state index is 11.6. The molecule has 0 radical (unpaired) electrons. The standard InChI is InChI=1S/C15H31NOS2/c1-4-12-18-19-13-8-10-15(17)16-11-7-6-9-14(3)5-2/h14H,4-13H2,1-3H3,(H,16,17). The Morgan fingerprint density at radius 1 is 1.11 bits per heavy atom. The molecule has 0 saturated carbocycles. The zero-order valence-corrected chi connectivity index (χ0v) is 14.5. The van der Waals surface area contributed by atoms with Crippen LogP contribution in [0, 0.1) is 5.92 Å². The zero-order chi connectivity index (χ0) is 14.3. The molecule has 0 heterocycles. The predicted molar refractivity (Wildman–Crippen MR) is 90.8 cm³/mol. The lowest BCUT2D eigenvalue weighted by molar-refractivity contribution is -0.121. The average Bonchev–Trinajstić information content (AvgIpc) is 2.42. The van der Waals surface area contributed by atoms with E-state index in [1.54, 1.807) is 0 Å². The van der Waals surface area contributed by atoms with Gasteiger partial charge in [0.25, 0.3) is 0 Å². The maximum Gasteiger partial charge on any atom is 0.220 e. The number of nitrogens with one attached hydrogen (secondary N) is 1. The second kappa shape index (κ2) is 14.6. The Bertz CT molecular complexity index is 212. The van der Waals surface area contributed by atoms with Gasteiger partial charge in [-0.25, -0.2) is 0 Å². The zero-order valence-electron chi connectivity index (χ0n) is 12.9. The van der Waals surface area contributed by atoms with Crippen molar-refractivity contribution < 1.29 is 4.79 Å². The Morgan fingerprint density at radius 3 is 2.53 bits per heavy atom. The SMILES string of the molecule is CCCSSCCCC(=O)NCCCCC(C)CC. The van der Waals surface area contributed by atoms with Crippen LogP contribution in [0.1, 0.15) is 65.7 Å². The van der Waals surface area contributed by atoms with E-state index in [9.17, 15) is 4.79 Å². The maximum atomic E-state index is 11.6. The van der Waals surface area contributed by atoms with Crippen LogP contribution in [0.15, 0.2) is 0 Å². The van der Waals surface area contributed by atoms with Gasteiger partial charge in [0.1, 0.15) is 0 Å². The Balaban J connectivity index is 3.21. The molecule has 2 nitrogen and oxygen atoms in total. The molecule has 114 valence electrons. The molecule has 0 aromatic heterocycles. The van der Waals surface area contributed by atoms with Gasteiger partial charge >= 0.3 is 0 Å². The quantitative estimate of drug-likeness (QED) is 0.388. The first-order valence-electron chi connectivity index (χ1n) is 7.71. The fourth-order valence-electron chi connectivity index (χ4n) is 1.63. The van der Waals surface area contributed by atoms with Crippen LogP contribution in [0.25, 0.3) is 0 Å². The van der Waals surface area contributed by atoms with Crippen molar-refractivity contribution in [3.05, 3.63) is 0 Å². The van der Waals surface area contributed by atoms with E-state index in [-0.39, 0.29) is 5.91 Å². The van der Waals surface area contributed by atoms with Gasteiger partial charge in [0.2, 0.25) is 5.91 Å². The summed E-state index contributed by atoms with van der Waals surface area (Å²) in [6, 6.07) is 0. The lowest BCUT2D eigenvalue weighted by Crippen LogP contribution is -2.24. The number of hydrogen-bond acceptors (Lipinski definition) is 3. The fraction of sp³-hybridized carbons (Fsp3) is 0.933. The topological polar surface area (TPSA) is 29.1 Å². The molecule has 0 spiro atoms. The molecule has 0 aliphatic rings. The minimum atomic E-state index is 0.227. The second-order valence-electron chi connectivity index (χ2n) is 5.11. The summed E-state index contributed by atoms with van der Waals surface area (Å²) >= 11 is 0. The third-order valence-corrected chi connectivity index (χ3v) is 5.84. The van der Waals surface area contributed by atoms with Crippen molar-refractivity contribution in [1.29, 1.82) is 0 Å². The number of hydrogen-bond donors (Lipinski definition) is 1. The van der Waals surface area contributed by atoms with Crippen molar-refractivity contribution in [1.82, 2.24) is 5.32 Å².